The van der Waals surface area contributed by atoms with E-state index in [1.54, 1.807) is 27.7 Å². The molecule has 0 saturated carbocycles. The van der Waals surface area contributed by atoms with Crippen LogP contribution in [-0.2, 0) is 14.9 Å². The molecule has 0 atom stereocenters. The minimum Gasteiger partial charge on any atom is -0.451 e. The normalized spacial score (nSPS) is 11.8. The van der Waals surface area contributed by atoms with Crippen molar-refractivity contribution in [3.8, 4) is 17.2 Å². The summed E-state index contributed by atoms with van der Waals surface area (Å²) in [4.78, 5) is 8.62. The van der Waals surface area contributed by atoms with Gasteiger partial charge in [-0.2, -0.15) is 17.2 Å². The summed E-state index contributed by atoms with van der Waals surface area (Å²) in [6.07, 6.45) is 0. The highest BCUT2D eigenvalue weighted by Gasteiger charge is 2.34. The van der Waals surface area contributed by atoms with Crippen LogP contribution in [0.1, 0.15) is 50.7 Å². The van der Waals surface area contributed by atoms with E-state index in [9.17, 15) is 30.8 Å². The van der Waals surface area contributed by atoms with E-state index in [4.69, 9.17) is 14.0 Å². The quantitative estimate of drug-likeness (QED) is 0.274. The van der Waals surface area contributed by atoms with Crippen LogP contribution < -0.4 is 9.47 Å². The predicted octanol–water partition coefficient (Wildman–Crippen LogP) is 5.06. The van der Waals surface area contributed by atoms with Crippen molar-refractivity contribution in [1.29, 1.82) is 0 Å². The molecule has 0 bridgehead atoms. The monoisotopic (exact) mass is 450 g/mol. The Morgan fingerprint density at radius 2 is 1.30 bits per heavy atom. The second-order valence-corrected chi connectivity index (χ2v) is 8.30. The molecule has 164 valence electrons. The van der Waals surface area contributed by atoms with Crippen LogP contribution in [0.15, 0.2) is 17.0 Å². The van der Waals surface area contributed by atoms with Gasteiger partial charge in [0.2, 0.25) is 17.4 Å². The number of benzene rings is 2. The van der Waals surface area contributed by atoms with Gasteiger partial charge >= 0.3 is 10.1 Å². The lowest BCUT2D eigenvalue weighted by Crippen LogP contribution is -2.11. The van der Waals surface area contributed by atoms with Gasteiger partial charge in [0.15, 0.2) is 16.5 Å². The van der Waals surface area contributed by atoms with E-state index in [0.717, 1.165) is 0 Å². The molecule has 30 heavy (non-hydrogen) atoms. The molecule has 0 fully saturated rings. The smallest absolute Gasteiger partial charge is 0.300 e. The number of rotatable bonds is 7. The summed E-state index contributed by atoms with van der Waals surface area (Å²) in [5.41, 5.74) is 0.688. The largest absolute Gasteiger partial charge is 0.451 e. The topological polar surface area (TPSA) is 89.9 Å². The van der Waals surface area contributed by atoms with Crippen molar-refractivity contribution in [2.45, 2.75) is 44.4 Å². The predicted molar refractivity (Wildman–Crippen MR) is 97.5 cm³/mol. The average molecular weight is 450 g/mol. The van der Waals surface area contributed by atoms with Crippen molar-refractivity contribution >= 4 is 16.6 Å². The summed E-state index contributed by atoms with van der Waals surface area (Å²) >= 11 is 0. The standard InChI is InChI=1S/C19H18F4O6S/c1-8(2)10-6-13(11(9(3)4)5-12(10)28-7-24)29-18-14(20)16(22)19(30(25,26)27)17(23)15(18)21/h5-9H,1-4H3,(H,25,26,27). The lowest BCUT2D eigenvalue weighted by atomic mass is 9.95. The third-order valence-electron chi connectivity index (χ3n) is 4.21. The van der Waals surface area contributed by atoms with Gasteiger partial charge in [0, 0.05) is 11.1 Å². The fraction of sp³-hybridized carbons (Fsp3) is 0.316. The summed E-state index contributed by atoms with van der Waals surface area (Å²) in [5, 5.41) is 0. The lowest BCUT2D eigenvalue weighted by Gasteiger charge is -2.20. The Labute approximate surface area is 170 Å². The zero-order valence-corrected chi connectivity index (χ0v) is 17.1. The first-order valence-electron chi connectivity index (χ1n) is 8.60. The van der Waals surface area contributed by atoms with Crippen molar-refractivity contribution in [3.63, 3.8) is 0 Å². The Hall–Kier alpha value is -2.66. The van der Waals surface area contributed by atoms with Crippen LogP contribution in [-0.4, -0.2) is 19.4 Å². The van der Waals surface area contributed by atoms with Gasteiger partial charge in [0.1, 0.15) is 11.5 Å². The van der Waals surface area contributed by atoms with Crippen LogP contribution in [0.25, 0.3) is 0 Å². The van der Waals surface area contributed by atoms with E-state index in [2.05, 4.69) is 0 Å². The Bertz CT molecular complexity index is 1070. The fourth-order valence-corrected chi connectivity index (χ4v) is 3.39. The van der Waals surface area contributed by atoms with Crippen molar-refractivity contribution in [3.05, 3.63) is 46.5 Å². The summed E-state index contributed by atoms with van der Waals surface area (Å²) in [6, 6.07) is 2.68. The molecular formula is C19H18F4O6S. The molecule has 6 nitrogen and oxygen atoms in total. The number of carbonyl (C=O) groups excluding carboxylic acids is 1. The molecule has 0 amide bonds. The first-order valence-corrected chi connectivity index (χ1v) is 10.0. The van der Waals surface area contributed by atoms with E-state index in [0.29, 0.717) is 5.56 Å². The summed E-state index contributed by atoms with van der Waals surface area (Å²) in [5.74, 6) is -11.1. The van der Waals surface area contributed by atoms with Gasteiger partial charge in [-0.25, -0.2) is 8.78 Å². The van der Waals surface area contributed by atoms with Gasteiger partial charge in [0.25, 0.3) is 6.47 Å². The van der Waals surface area contributed by atoms with Crippen LogP contribution in [0.5, 0.6) is 17.2 Å². The third kappa shape index (κ3) is 4.41. The fourth-order valence-electron chi connectivity index (χ4n) is 2.75. The van der Waals surface area contributed by atoms with Gasteiger partial charge < -0.3 is 9.47 Å². The second kappa shape index (κ2) is 8.60. The van der Waals surface area contributed by atoms with E-state index < -0.39 is 44.0 Å². The Balaban J connectivity index is 2.76. The van der Waals surface area contributed by atoms with Gasteiger partial charge in [-0.15, -0.1) is 0 Å². The highest BCUT2D eigenvalue weighted by Crippen LogP contribution is 2.41. The first-order chi connectivity index (χ1) is 13.8. The molecule has 0 unspecified atom stereocenters. The van der Waals surface area contributed by atoms with Crippen LogP contribution in [0.2, 0.25) is 0 Å². The maximum absolute atomic E-state index is 14.4. The van der Waals surface area contributed by atoms with Crippen molar-refractivity contribution < 1.29 is 44.8 Å². The molecule has 0 aromatic heterocycles. The minimum atomic E-state index is -5.59. The average Bonchev–Trinajstić information content (AvgIpc) is 2.63. The van der Waals surface area contributed by atoms with E-state index in [1.807, 2.05) is 0 Å². The Morgan fingerprint density at radius 3 is 1.70 bits per heavy atom. The number of hydrogen-bond acceptors (Lipinski definition) is 5. The SMILES string of the molecule is CC(C)c1cc(Oc2c(F)c(F)c(S(=O)(=O)O)c(F)c2F)c(C(C)C)cc1OC=O. The van der Waals surface area contributed by atoms with Crippen LogP contribution >= 0.6 is 0 Å². The molecule has 2 aromatic carbocycles. The number of ether oxygens (including phenoxy) is 2. The zero-order chi connectivity index (χ0) is 23.0. The van der Waals surface area contributed by atoms with E-state index in [1.165, 1.54) is 12.1 Å². The Morgan fingerprint density at radius 1 is 0.867 bits per heavy atom. The molecule has 2 rings (SSSR count). The Kier molecular flexibility index (Phi) is 6.77. The van der Waals surface area contributed by atoms with Crippen molar-refractivity contribution in [2.75, 3.05) is 0 Å². The highest BCUT2D eigenvalue weighted by molar-refractivity contribution is 7.85. The molecule has 1 N–H and O–H groups in total. The minimum absolute atomic E-state index is 0.163. The zero-order valence-electron chi connectivity index (χ0n) is 16.3. The number of carbonyl (C=O) groups is 1. The van der Waals surface area contributed by atoms with Crippen LogP contribution in [0.4, 0.5) is 17.6 Å². The molecule has 0 radical (unpaired) electrons. The summed E-state index contributed by atoms with van der Waals surface area (Å²) in [7, 11) is -5.59. The maximum atomic E-state index is 14.4. The second-order valence-electron chi connectivity index (χ2n) is 6.94. The maximum Gasteiger partial charge on any atom is 0.300 e. The first kappa shape index (κ1) is 23.6. The highest BCUT2D eigenvalue weighted by atomic mass is 32.2. The molecule has 0 saturated heterocycles. The molecule has 0 aliphatic carbocycles. The molecule has 0 aliphatic rings. The number of halogens is 4. The summed E-state index contributed by atoms with van der Waals surface area (Å²) in [6.45, 7) is 7.01. The molecular weight excluding hydrogens is 432 g/mol. The van der Waals surface area contributed by atoms with Gasteiger partial charge in [0.05, 0.1) is 0 Å². The molecule has 2 aromatic rings. The molecule has 11 heteroatoms. The van der Waals surface area contributed by atoms with Gasteiger partial charge in [-0.1, -0.05) is 27.7 Å². The van der Waals surface area contributed by atoms with E-state index in [-0.39, 0.29) is 35.4 Å². The molecule has 0 spiro atoms. The lowest BCUT2D eigenvalue weighted by molar-refractivity contribution is -0.120. The molecule has 0 aliphatic heterocycles. The summed E-state index contributed by atoms with van der Waals surface area (Å²) < 4.78 is 97.9. The number of hydrogen-bond donors (Lipinski definition) is 1. The van der Waals surface area contributed by atoms with Gasteiger partial charge in [-0.3, -0.25) is 9.35 Å². The van der Waals surface area contributed by atoms with Crippen LogP contribution in [0.3, 0.4) is 0 Å². The van der Waals surface area contributed by atoms with Crippen LogP contribution in [0, 0.1) is 23.3 Å². The van der Waals surface area contributed by atoms with Gasteiger partial charge in [-0.05, 0) is 24.0 Å². The third-order valence-corrected chi connectivity index (χ3v) is 5.09. The van der Waals surface area contributed by atoms with E-state index >= 15 is 0 Å². The van der Waals surface area contributed by atoms with Crippen molar-refractivity contribution in [1.82, 2.24) is 0 Å². The molecule has 0 heterocycles. The van der Waals surface area contributed by atoms with Crippen molar-refractivity contribution in [2.24, 2.45) is 0 Å².